The molecule has 7 heteroatoms. The second-order valence-electron chi connectivity index (χ2n) is 5.28. The van der Waals surface area contributed by atoms with Gasteiger partial charge < -0.3 is 0 Å². The predicted molar refractivity (Wildman–Crippen MR) is 98.3 cm³/mol. The van der Waals surface area contributed by atoms with E-state index in [4.69, 9.17) is 0 Å². The van der Waals surface area contributed by atoms with E-state index < -0.39 is 4.92 Å². The van der Waals surface area contributed by atoms with Gasteiger partial charge in [0, 0.05) is 30.0 Å². The number of allylic oxidation sites excluding steroid dienone is 1. The number of rotatable bonds is 7. The maximum absolute atomic E-state index is 10.7. The summed E-state index contributed by atoms with van der Waals surface area (Å²) in [5.74, 6) is 1.45. The monoisotopic (exact) mass is 352 g/mol. The van der Waals surface area contributed by atoms with E-state index in [1.165, 1.54) is 12.1 Å². The number of benzene rings is 2. The van der Waals surface area contributed by atoms with Gasteiger partial charge in [-0.25, -0.2) is 0 Å². The van der Waals surface area contributed by atoms with Gasteiger partial charge in [-0.2, -0.15) is 0 Å². The molecular weight excluding hydrogens is 336 g/mol. The lowest BCUT2D eigenvalue weighted by atomic mass is 10.2. The highest BCUT2D eigenvalue weighted by Crippen LogP contribution is 2.27. The van der Waals surface area contributed by atoms with E-state index in [0.29, 0.717) is 12.3 Å². The topological polar surface area (TPSA) is 73.8 Å². The van der Waals surface area contributed by atoms with Gasteiger partial charge >= 0.3 is 0 Å². The molecule has 0 aliphatic heterocycles. The van der Waals surface area contributed by atoms with Crippen molar-refractivity contribution in [3.8, 4) is 11.4 Å². The van der Waals surface area contributed by atoms with Crippen LogP contribution in [0.2, 0.25) is 0 Å². The molecule has 0 unspecified atom stereocenters. The van der Waals surface area contributed by atoms with Gasteiger partial charge in [0.25, 0.3) is 5.69 Å². The maximum Gasteiger partial charge on any atom is 0.269 e. The third-order valence-corrected chi connectivity index (χ3v) is 4.61. The lowest BCUT2D eigenvalue weighted by molar-refractivity contribution is -0.384. The van der Waals surface area contributed by atoms with Crippen molar-refractivity contribution in [1.82, 2.24) is 14.8 Å². The van der Waals surface area contributed by atoms with Gasteiger partial charge in [-0.1, -0.05) is 60.3 Å². The Bertz CT molecular complexity index is 876. The highest BCUT2D eigenvalue weighted by atomic mass is 32.2. The van der Waals surface area contributed by atoms with Crippen LogP contribution >= 0.6 is 11.8 Å². The second kappa shape index (κ2) is 7.76. The molecule has 3 aromatic rings. The van der Waals surface area contributed by atoms with Gasteiger partial charge in [0.1, 0.15) is 0 Å². The number of thioether (sulfide) groups is 1. The minimum atomic E-state index is -0.399. The van der Waals surface area contributed by atoms with Gasteiger partial charge in [0.15, 0.2) is 11.0 Å². The molecule has 1 heterocycles. The molecule has 0 bridgehead atoms. The van der Waals surface area contributed by atoms with E-state index in [1.54, 1.807) is 23.9 Å². The van der Waals surface area contributed by atoms with Crippen molar-refractivity contribution in [1.29, 1.82) is 0 Å². The summed E-state index contributed by atoms with van der Waals surface area (Å²) in [6, 6.07) is 16.4. The average Bonchev–Trinajstić information content (AvgIpc) is 3.04. The highest BCUT2D eigenvalue weighted by Gasteiger charge is 2.13. The first kappa shape index (κ1) is 16.9. The molecule has 25 heavy (non-hydrogen) atoms. The predicted octanol–water partition coefficient (Wildman–Crippen LogP) is 4.33. The Balaban J connectivity index is 1.79. The lowest BCUT2D eigenvalue weighted by Gasteiger charge is -2.07. The Kier molecular flexibility index (Phi) is 5.25. The van der Waals surface area contributed by atoms with Crippen LogP contribution in [0, 0.1) is 10.1 Å². The van der Waals surface area contributed by atoms with Crippen LogP contribution in [0.4, 0.5) is 5.69 Å². The average molecular weight is 352 g/mol. The maximum atomic E-state index is 10.7. The van der Waals surface area contributed by atoms with E-state index in [1.807, 2.05) is 41.0 Å². The Morgan fingerprint density at radius 2 is 1.84 bits per heavy atom. The molecule has 0 saturated heterocycles. The molecule has 2 aromatic carbocycles. The van der Waals surface area contributed by atoms with Crippen LogP contribution in [-0.4, -0.2) is 19.7 Å². The van der Waals surface area contributed by atoms with E-state index in [0.717, 1.165) is 22.1 Å². The minimum absolute atomic E-state index is 0.0925. The van der Waals surface area contributed by atoms with Crippen LogP contribution in [0.25, 0.3) is 11.4 Å². The number of hydrogen-bond donors (Lipinski definition) is 0. The number of hydrogen-bond acceptors (Lipinski definition) is 5. The molecular formula is C18H16N4O2S. The van der Waals surface area contributed by atoms with Gasteiger partial charge in [0.2, 0.25) is 0 Å². The smallest absolute Gasteiger partial charge is 0.269 e. The SMILES string of the molecule is C=CCn1c(SCc2ccc([N+](=O)[O-])cc2)nnc1-c1ccccc1. The Morgan fingerprint density at radius 1 is 1.12 bits per heavy atom. The second-order valence-corrected chi connectivity index (χ2v) is 6.23. The van der Waals surface area contributed by atoms with E-state index >= 15 is 0 Å². The van der Waals surface area contributed by atoms with Gasteiger partial charge in [-0.3, -0.25) is 14.7 Å². The zero-order valence-corrected chi connectivity index (χ0v) is 14.2. The van der Waals surface area contributed by atoms with Crippen molar-refractivity contribution in [3.63, 3.8) is 0 Å². The number of nitrogens with zero attached hydrogens (tertiary/aromatic N) is 4. The fourth-order valence-corrected chi connectivity index (χ4v) is 3.26. The van der Waals surface area contributed by atoms with Gasteiger partial charge in [-0.15, -0.1) is 16.8 Å². The van der Waals surface area contributed by atoms with Crippen LogP contribution in [-0.2, 0) is 12.3 Å². The fraction of sp³-hybridized carbons (Fsp3) is 0.111. The fourth-order valence-electron chi connectivity index (χ4n) is 2.35. The number of nitro benzene ring substituents is 1. The Labute approximate surface area is 149 Å². The summed E-state index contributed by atoms with van der Waals surface area (Å²) >= 11 is 1.54. The molecule has 0 aliphatic carbocycles. The molecule has 0 saturated carbocycles. The van der Waals surface area contributed by atoms with Crippen molar-refractivity contribution in [2.75, 3.05) is 0 Å². The summed E-state index contributed by atoms with van der Waals surface area (Å²) in [6.45, 7) is 4.42. The van der Waals surface area contributed by atoms with E-state index in [2.05, 4.69) is 16.8 Å². The lowest BCUT2D eigenvalue weighted by Crippen LogP contribution is -2.00. The van der Waals surface area contributed by atoms with Crippen molar-refractivity contribution in [2.24, 2.45) is 0 Å². The Morgan fingerprint density at radius 3 is 2.48 bits per heavy atom. The summed E-state index contributed by atoms with van der Waals surface area (Å²) in [7, 11) is 0. The molecule has 0 fully saturated rings. The van der Waals surface area contributed by atoms with E-state index in [9.17, 15) is 10.1 Å². The summed E-state index contributed by atoms with van der Waals surface area (Å²) < 4.78 is 2.01. The normalized spacial score (nSPS) is 10.6. The Hall–Kier alpha value is -2.93. The van der Waals surface area contributed by atoms with Crippen molar-refractivity contribution in [2.45, 2.75) is 17.5 Å². The zero-order chi connectivity index (χ0) is 17.6. The van der Waals surface area contributed by atoms with Crippen LogP contribution in [0.5, 0.6) is 0 Å². The summed E-state index contributed by atoms with van der Waals surface area (Å²) in [5, 5.41) is 20.1. The first-order chi connectivity index (χ1) is 12.2. The molecule has 0 atom stereocenters. The largest absolute Gasteiger partial charge is 0.298 e. The number of non-ortho nitro benzene ring substituents is 1. The van der Waals surface area contributed by atoms with Crippen LogP contribution in [0.15, 0.2) is 72.4 Å². The van der Waals surface area contributed by atoms with Crippen molar-refractivity contribution < 1.29 is 4.92 Å². The first-order valence-electron chi connectivity index (χ1n) is 7.64. The molecule has 0 amide bonds. The summed E-state index contributed by atoms with van der Waals surface area (Å²) in [4.78, 5) is 10.3. The number of aromatic nitrogens is 3. The van der Waals surface area contributed by atoms with Gasteiger partial charge in [-0.05, 0) is 5.56 Å². The van der Waals surface area contributed by atoms with Crippen LogP contribution in [0.1, 0.15) is 5.56 Å². The van der Waals surface area contributed by atoms with Crippen LogP contribution in [0.3, 0.4) is 0 Å². The summed E-state index contributed by atoms with van der Waals surface area (Å²) in [6.07, 6.45) is 1.81. The quantitative estimate of drug-likeness (QED) is 0.274. The molecule has 0 spiro atoms. The first-order valence-corrected chi connectivity index (χ1v) is 8.63. The highest BCUT2D eigenvalue weighted by molar-refractivity contribution is 7.98. The molecule has 126 valence electrons. The molecule has 0 N–H and O–H groups in total. The molecule has 1 aromatic heterocycles. The molecule has 0 aliphatic rings. The van der Waals surface area contributed by atoms with Gasteiger partial charge in [0.05, 0.1) is 4.92 Å². The van der Waals surface area contributed by atoms with Crippen molar-refractivity contribution >= 4 is 17.4 Å². The zero-order valence-electron chi connectivity index (χ0n) is 13.4. The molecule has 6 nitrogen and oxygen atoms in total. The van der Waals surface area contributed by atoms with E-state index in [-0.39, 0.29) is 5.69 Å². The minimum Gasteiger partial charge on any atom is -0.298 e. The van der Waals surface area contributed by atoms with Crippen LogP contribution < -0.4 is 0 Å². The standard InChI is InChI=1S/C18H16N4O2S/c1-2-12-21-17(15-6-4-3-5-7-15)19-20-18(21)25-13-14-8-10-16(11-9-14)22(23)24/h2-11H,1,12-13H2. The van der Waals surface area contributed by atoms with Crippen molar-refractivity contribution in [3.05, 3.63) is 82.9 Å². The third kappa shape index (κ3) is 3.95. The number of nitro groups is 1. The summed E-state index contributed by atoms with van der Waals surface area (Å²) in [5.41, 5.74) is 2.08. The molecule has 0 radical (unpaired) electrons. The molecule has 3 rings (SSSR count). The third-order valence-electron chi connectivity index (χ3n) is 3.58.